The third-order valence-corrected chi connectivity index (χ3v) is 6.10. The van der Waals surface area contributed by atoms with Crippen molar-refractivity contribution in [3.05, 3.63) is 72.8 Å². The highest BCUT2D eigenvalue weighted by Crippen LogP contribution is 2.41. The van der Waals surface area contributed by atoms with Crippen molar-refractivity contribution in [3.8, 4) is 0 Å². The van der Waals surface area contributed by atoms with Crippen molar-refractivity contribution in [1.82, 2.24) is 4.98 Å². The Morgan fingerprint density at radius 3 is 2.33 bits per heavy atom. The number of aromatic nitrogens is 1. The van der Waals surface area contributed by atoms with Crippen molar-refractivity contribution in [2.75, 3.05) is 0 Å². The van der Waals surface area contributed by atoms with Crippen LogP contribution in [0.1, 0.15) is 0 Å². The molecule has 0 amide bonds. The van der Waals surface area contributed by atoms with Gasteiger partial charge in [0.25, 0.3) is 0 Å². The van der Waals surface area contributed by atoms with E-state index in [0.29, 0.717) is 0 Å². The molecule has 0 aliphatic rings. The van der Waals surface area contributed by atoms with Gasteiger partial charge in [-0.25, -0.2) is 0 Å². The number of para-hydroxylation sites is 1. The largest absolute Gasteiger partial charge is 0.354 e. The minimum atomic E-state index is 1.21. The van der Waals surface area contributed by atoms with E-state index in [1.54, 1.807) is 0 Å². The van der Waals surface area contributed by atoms with Gasteiger partial charge in [-0.05, 0) is 35.0 Å². The molecule has 0 saturated heterocycles. The molecule has 1 nitrogen and oxygen atoms in total. The zero-order chi connectivity index (χ0) is 15.7. The van der Waals surface area contributed by atoms with E-state index in [2.05, 4.69) is 77.8 Å². The summed E-state index contributed by atoms with van der Waals surface area (Å²) in [7, 11) is 0. The predicted molar refractivity (Wildman–Crippen MR) is 106 cm³/mol. The van der Waals surface area contributed by atoms with Crippen LogP contribution in [0, 0.1) is 0 Å². The number of benzene rings is 4. The van der Waals surface area contributed by atoms with Gasteiger partial charge >= 0.3 is 0 Å². The standard InChI is InChI=1S/C22H13NS/c1-2-6-14-12-20-17(11-13(14)5-1)21-19(24-20)10-9-16-15-7-3-4-8-18(15)23-22(16)21/h1-12,23H. The van der Waals surface area contributed by atoms with E-state index in [1.165, 1.54) is 52.8 Å². The van der Waals surface area contributed by atoms with Crippen LogP contribution in [0.25, 0.3) is 52.8 Å². The molecule has 0 spiro atoms. The second-order valence-electron chi connectivity index (χ2n) is 6.33. The second kappa shape index (κ2) is 4.37. The van der Waals surface area contributed by atoms with Gasteiger partial charge in [0.15, 0.2) is 0 Å². The van der Waals surface area contributed by atoms with Gasteiger partial charge in [-0.3, -0.25) is 0 Å². The second-order valence-corrected chi connectivity index (χ2v) is 7.41. The normalized spacial score (nSPS) is 12.2. The maximum absolute atomic E-state index is 3.65. The zero-order valence-electron chi connectivity index (χ0n) is 12.8. The summed E-state index contributed by atoms with van der Waals surface area (Å²) in [5.41, 5.74) is 2.47. The molecule has 4 aromatic carbocycles. The molecular weight excluding hydrogens is 310 g/mol. The molecule has 0 atom stereocenters. The molecule has 112 valence electrons. The summed E-state index contributed by atoms with van der Waals surface area (Å²) in [6.07, 6.45) is 0. The highest BCUT2D eigenvalue weighted by Gasteiger charge is 2.13. The molecule has 2 heterocycles. The first-order valence-electron chi connectivity index (χ1n) is 8.13. The van der Waals surface area contributed by atoms with Crippen LogP contribution in [0.4, 0.5) is 0 Å². The van der Waals surface area contributed by atoms with E-state index in [1.807, 2.05) is 11.3 Å². The Bertz CT molecular complexity index is 1400. The van der Waals surface area contributed by atoms with Gasteiger partial charge in [0, 0.05) is 36.5 Å². The number of aromatic amines is 1. The molecule has 2 heteroatoms. The maximum atomic E-state index is 3.65. The van der Waals surface area contributed by atoms with Gasteiger partial charge in [0.2, 0.25) is 0 Å². The van der Waals surface area contributed by atoms with E-state index in [9.17, 15) is 0 Å². The summed E-state index contributed by atoms with van der Waals surface area (Å²) in [6.45, 7) is 0. The molecule has 6 rings (SSSR count). The summed E-state index contributed by atoms with van der Waals surface area (Å²) in [5, 5.41) is 7.93. The molecule has 6 aromatic rings. The van der Waals surface area contributed by atoms with Gasteiger partial charge in [0.05, 0.1) is 5.52 Å². The Morgan fingerprint density at radius 1 is 0.625 bits per heavy atom. The number of H-pyrrole nitrogens is 1. The average molecular weight is 323 g/mol. The molecule has 24 heavy (non-hydrogen) atoms. The van der Waals surface area contributed by atoms with Crippen LogP contribution in [-0.2, 0) is 0 Å². The quantitative estimate of drug-likeness (QED) is 0.315. The lowest BCUT2D eigenvalue weighted by Crippen LogP contribution is -1.74. The number of rotatable bonds is 0. The Kier molecular flexibility index (Phi) is 2.29. The molecule has 0 radical (unpaired) electrons. The smallest absolute Gasteiger partial charge is 0.0559 e. The lowest BCUT2D eigenvalue weighted by molar-refractivity contribution is 1.57. The number of fused-ring (bicyclic) bond motifs is 8. The fourth-order valence-corrected chi connectivity index (χ4v) is 5.01. The van der Waals surface area contributed by atoms with E-state index in [4.69, 9.17) is 0 Å². The lowest BCUT2D eigenvalue weighted by Gasteiger charge is -1.99. The van der Waals surface area contributed by atoms with E-state index in [0.717, 1.165) is 0 Å². The van der Waals surface area contributed by atoms with Gasteiger partial charge in [0.1, 0.15) is 0 Å². The Labute approximate surface area is 142 Å². The van der Waals surface area contributed by atoms with Gasteiger partial charge in [-0.1, -0.05) is 48.5 Å². The van der Waals surface area contributed by atoms with Crippen molar-refractivity contribution in [2.45, 2.75) is 0 Å². The molecule has 0 fully saturated rings. The highest BCUT2D eigenvalue weighted by atomic mass is 32.1. The molecule has 1 N–H and O–H groups in total. The fourth-order valence-electron chi connectivity index (χ4n) is 3.87. The van der Waals surface area contributed by atoms with Crippen molar-refractivity contribution < 1.29 is 0 Å². The summed E-state index contributed by atoms with van der Waals surface area (Å²) in [4.78, 5) is 3.65. The summed E-state index contributed by atoms with van der Waals surface area (Å²) >= 11 is 1.88. The van der Waals surface area contributed by atoms with Crippen LogP contribution in [0.2, 0.25) is 0 Å². The SMILES string of the molecule is c1ccc2cc3c(cc2c1)sc1ccc2c4ccccc4[nH]c2c13. The zero-order valence-corrected chi connectivity index (χ0v) is 13.7. The summed E-state index contributed by atoms with van der Waals surface area (Å²) in [5.74, 6) is 0. The summed E-state index contributed by atoms with van der Waals surface area (Å²) in [6, 6.07) is 26.4. The Hall–Kier alpha value is -2.84. The molecule has 2 aromatic heterocycles. The molecular formula is C22H13NS. The lowest BCUT2D eigenvalue weighted by atomic mass is 10.0. The molecule has 0 aliphatic carbocycles. The molecule has 0 saturated carbocycles. The first kappa shape index (κ1) is 12.6. The van der Waals surface area contributed by atoms with E-state index < -0.39 is 0 Å². The van der Waals surface area contributed by atoms with Crippen molar-refractivity contribution in [3.63, 3.8) is 0 Å². The van der Waals surface area contributed by atoms with Gasteiger partial charge in [-0.15, -0.1) is 11.3 Å². The van der Waals surface area contributed by atoms with Crippen LogP contribution in [-0.4, -0.2) is 4.98 Å². The third-order valence-electron chi connectivity index (χ3n) is 4.98. The van der Waals surface area contributed by atoms with Crippen LogP contribution in [0.3, 0.4) is 0 Å². The highest BCUT2D eigenvalue weighted by molar-refractivity contribution is 7.26. The fraction of sp³-hybridized carbons (Fsp3) is 0. The number of thiophene rings is 1. The van der Waals surface area contributed by atoms with E-state index >= 15 is 0 Å². The van der Waals surface area contributed by atoms with Crippen molar-refractivity contribution in [2.24, 2.45) is 0 Å². The van der Waals surface area contributed by atoms with Crippen LogP contribution in [0.5, 0.6) is 0 Å². The van der Waals surface area contributed by atoms with Gasteiger partial charge < -0.3 is 4.98 Å². The Morgan fingerprint density at radius 2 is 1.42 bits per heavy atom. The summed E-state index contributed by atoms with van der Waals surface area (Å²) < 4.78 is 2.70. The van der Waals surface area contributed by atoms with Crippen LogP contribution >= 0.6 is 11.3 Å². The van der Waals surface area contributed by atoms with Crippen molar-refractivity contribution in [1.29, 1.82) is 0 Å². The minimum absolute atomic E-state index is 1.21. The number of hydrogen-bond acceptors (Lipinski definition) is 1. The molecule has 0 unspecified atom stereocenters. The van der Waals surface area contributed by atoms with Gasteiger partial charge in [-0.2, -0.15) is 0 Å². The minimum Gasteiger partial charge on any atom is -0.354 e. The van der Waals surface area contributed by atoms with Crippen LogP contribution < -0.4 is 0 Å². The molecule has 0 bridgehead atoms. The monoisotopic (exact) mass is 323 g/mol. The molecule has 0 aliphatic heterocycles. The predicted octanol–water partition coefficient (Wildman–Crippen LogP) is 6.84. The number of hydrogen-bond donors (Lipinski definition) is 1. The van der Waals surface area contributed by atoms with Crippen LogP contribution in [0.15, 0.2) is 72.8 Å². The first-order chi connectivity index (χ1) is 11.9. The number of nitrogens with one attached hydrogen (secondary N) is 1. The maximum Gasteiger partial charge on any atom is 0.0559 e. The average Bonchev–Trinajstić information content (AvgIpc) is 3.17. The Balaban J connectivity index is 1.90. The first-order valence-corrected chi connectivity index (χ1v) is 8.94. The van der Waals surface area contributed by atoms with Crippen molar-refractivity contribution >= 4 is 64.1 Å². The third kappa shape index (κ3) is 1.53. The topological polar surface area (TPSA) is 15.8 Å². The van der Waals surface area contributed by atoms with E-state index in [-0.39, 0.29) is 0 Å².